The molecule has 0 aromatic heterocycles. The SMILES string of the molecule is CN(C)c1ccccc1N1C(N)=c2cc(C(=O)O)ccc2=NC1N. The zero-order chi connectivity index (χ0) is 17.4. The number of para-hydroxylation sites is 2. The molecule has 7 nitrogen and oxygen atoms in total. The minimum absolute atomic E-state index is 0.156. The number of carboxylic acid groups (broad SMARTS) is 1. The summed E-state index contributed by atoms with van der Waals surface area (Å²) in [6, 6.07) is 12.3. The molecule has 1 atom stereocenters. The van der Waals surface area contributed by atoms with Gasteiger partial charge in [-0.1, -0.05) is 12.1 Å². The number of carboxylic acids is 1. The number of hydrogen-bond donors (Lipinski definition) is 3. The number of fused-ring (bicyclic) bond motifs is 1. The van der Waals surface area contributed by atoms with Gasteiger partial charge in [0.2, 0.25) is 0 Å². The van der Waals surface area contributed by atoms with Gasteiger partial charge >= 0.3 is 5.97 Å². The highest BCUT2D eigenvalue weighted by molar-refractivity contribution is 5.88. The van der Waals surface area contributed by atoms with Crippen molar-refractivity contribution in [2.24, 2.45) is 16.5 Å². The zero-order valence-corrected chi connectivity index (χ0v) is 13.5. The van der Waals surface area contributed by atoms with Crippen molar-refractivity contribution >= 4 is 23.2 Å². The third kappa shape index (κ3) is 2.55. The van der Waals surface area contributed by atoms with Crippen LogP contribution in [-0.2, 0) is 0 Å². The first-order valence-corrected chi connectivity index (χ1v) is 7.42. The van der Waals surface area contributed by atoms with Gasteiger partial charge in [-0.15, -0.1) is 0 Å². The summed E-state index contributed by atoms with van der Waals surface area (Å²) in [6.07, 6.45) is -0.686. The minimum Gasteiger partial charge on any atom is -0.478 e. The summed E-state index contributed by atoms with van der Waals surface area (Å²) in [6.45, 7) is 0. The van der Waals surface area contributed by atoms with Gasteiger partial charge in [-0.2, -0.15) is 0 Å². The van der Waals surface area contributed by atoms with Crippen molar-refractivity contribution in [3.05, 3.63) is 58.6 Å². The van der Waals surface area contributed by atoms with Crippen LogP contribution >= 0.6 is 0 Å². The van der Waals surface area contributed by atoms with Crippen LogP contribution in [0.15, 0.2) is 47.5 Å². The molecule has 0 bridgehead atoms. The van der Waals surface area contributed by atoms with Crippen molar-refractivity contribution in [1.29, 1.82) is 0 Å². The maximum absolute atomic E-state index is 11.2. The summed E-state index contributed by atoms with van der Waals surface area (Å²) in [5, 5.41) is 10.3. The van der Waals surface area contributed by atoms with E-state index in [0.717, 1.165) is 11.4 Å². The second-order valence-electron chi connectivity index (χ2n) is 5.72. The van der Waals surface area contributed by atoms with Crippen LogP contribution in [-0.4, -0.2) is 31.5 Å². The highest BCUT2D eigenvalue weighted by atomic mass is 16.4. The lowest BCUT2D eigenvalue weighted by molar-refractivity contribution is 0.0696. The van der Waals surface area contributed by atoms with E-state index in [1.807, 2.05) is 43.3 Å². The highest BCUT2D eigenvalue weighted by Crippen LogP contribution is 2.30. The molecule has 0 spiro atoms. The Labute approximate surface area is 139 Å². The van der Waals surface area contributed by atoms with E-state index in [2.05, 4.69) is 4.99 Å². The first kappa shape index (κ1) is 15.8. The Kier molecular flexibility index (Phi) is 3.86. The summed E-state index contributed by atoms with van der Waals surface area (Å²) >= 11 is 0. The van der Waals surface area contributed by atoms with Gasteiger partial charge in [0, 0.05) is 19.3 Å². The van der Waals surface area contributed by atoms with E-state index in [9.17, 15) is 9.90 Å². The van der Waals surface area contributed by atoms with Gasteiger partial charge in [0.1, 0.15) is 5.82 Å². The predicted molar refractivity (Wildman–Crippen MR) is 93.0 cm³/mol. The minimum atomic E-state index is -1.01. The van der Waals surface area contributed by atoms with Crippen molar-refractivity contribution in [2.45, 2.75) is 6.29 Å². The first-order chi connectivity index (χ1) is 11.4. The van der Waals surface area contributed by atoms with Crippen LogP contribution in [0, 0.1) is 0 Å². The second kappa shape index (κ2) is 5.86. The molecule has 24 heavy (non-hydrogen) atoms. The summed E-state index contributed by atoms with van der Waals surface area (Å²) in [4.78, 5) is 19.3. The standard InChI is InChI=1S/C17H19N5O2/c1-21(2)13-5-3-4-6-14(13)22-15(18)11-9-10(16(23)24)7-8-12(11)20-17(22)19/h3-9,17H,18-19H2,1-2H3,(H,23,24). The lowest BCUT2D eigenvalue weighted by Crippen LogP contribution is -2.52. The average molecular weight is 325 g/mol. The number of benzene rings is 2. The van der Waals surface area contributed by atoms with E-state index >= 15 is 0 Å². The van der Waals surface area contributed by atoms with E-state index in [4.69, 9.17) is 11.5 Å². The molecule has 1 aliphatic heterocycles. The topological polar surface area (TPSA) is 108 Å². The molecule has 1 heterocycles. The van der Waals surface area contributed by atoms with Gasteiger partial charge < -0.3 is 15.7 Å². The fourth-order valence-corrected chi connectivity index (χ4v) is 2.78. The largest absolute Gasteiger partial charge is 0.478 e. The Morgan fingerprint density at radius 3 is 2.62 bits per heavy atom. The predicted octanol–water partition coefficient (Wildman–Crippen LogP) is -0.143. The Bertz CT molecular complexity index is 923. The van der Waals surface area contributed by atoms with E-state index in [0.29, 0.717) is 16.4 Å². The van der Waals surface area contributed by atoms with Crippen LogP contribution in [0.4, 0.5) is 11.4 Å². The third-order valence-electron chi connectivity index (χ3n) is 3.94. The number of anilines is 2. The number of nitrogens with two attached hydrogens (primary N) is 2. The molecule has 1 unspecified atom stereocenters. The van der Waals surface area contributed by atoms with Gasteiger partial charge in [-0.25, -0.2) is 9.79 Å². The van der Waals surface area contributed by atoms with Crippen molar-refractivity contribution in [3.63, 3.8) is 0 Å². The van der Waals surface area contributed by atoms with Crippen LogP contribution in [0.2, 0.25) is 0 Å². The molecule has 1 aliphatic rings. The maximum atomic E-state index is 11.2. The van der Waals surface area contributed by atoms with Crippen molar-refractivity contribution < 1.29 is 9.90 Å². The number of hydrogen-bond acceptors (Lipinski definition) is 6. The van der Waals surface area contributed by atoms with Crippen LogP contribution < -0.4 is 31.8 Å². The first-order valence-electron chi connectivity index (χ1n) is 7.42. The summed E-state index contributed by atoms with van der Waals surface area (Å²) in [7, 11) is 3.86. The molecule has 0 aliphatic carbocycles. The molecular weight excluding hydrogens is 306 g/mol. The summed E-state index contributed by atoms with van der Waals surface area (Å²) in [5.41, 5.74) is 14.4. The number of nitrogens with zero attached hydrogens (tertiary/aromatic N) is 3. The number of carbonyl (C=O) groups is 1. The van der Waals surface area contributed by atoms with Crippen LogP contribution in [0.25, 0.3) is 5.82 Å². The Hall–Kier alpha value is -3.06. The van der Waals surface area contributed by atoms with E-state index < -0.39 is 12.3 Å². The summed E-state index contributed by atoms with van der Waals surface area (Å²) in [5.74, 6) is -0.634. The van der Waals surface area contributed by atoms with Gasteiger partial charge in [-0.3, -0.25) is 10.6 Å². The molecule has 3 rings (SSSR count). The quantitative estimate of drug-likeness (QED) is 0.725. The van der Waals surface area contributed by atoms with E-state index in [-0.39, 0.29) is 5.56 Å². The summed E-state index contributed by atoms with van der Waals surface area (Å²) < 4.78 is 0. The molecular formula is C17H19N5O2. The zero-order valence-electron chi connectivity index (χ0n) is 13.5. The monoisotopic (exact) mass is 325 g/mol. The molecule has 124 valence electrons. The molecule has 2 aromatic carbocycles. The molecule has 7 heteroatoms. The van der Waals surface area contributed by atoms with Crippen molar-refractivity contribution in [2.75, 3.05) is 23.9 Å². The molecule has 0 amide bonds. The van der Waals surface area contributed by atoms with Gasteiger partial charge in [0.05, 0.1) is 22.3 Å². The molecule has 0 fully saturated rings. The Balaban J connectivity index is 2.25. The van der Waals surface area contributed by atoms with Crippen LogP contribution in [0.5, 0.6) is 0 Å². The molecule has 5 N–H and O–H groups in total. The van der Waals surface area contributed by atoms with Crippen LogP contribution in [0.3, 0.4) is 0 Å². The van der Waals surface area contributed by atoms with Crippen molar-refractivity contribution in [3.8, 4) is 0 Å². The number of rotatable bonds is 3. The third-order valence-corrected chi connectivity index (χ3v) is 3.94. The highest BCUT2D eigenvalue weighted by Gasteiger charge is 2.24. The second-order valence-corrected chi connectivity index (χ2v) is 5.72. The lowest BCUT2D eigenvalue weighted by atomic mass is 10.1. The lowest BCUT2D eigenvalue weighted by Gasteiger charge is -2.33. The molecule has 0 radical (unpaired) electrons. The maximum Gasteiger partial charge on any atom is 0.335 e. The molecule has 2 aromatic rings. The Morgan fingerprint density at radius 1 is 1.25 bits per heavy atom. The van der Waals surface area contributed by atoms with E-state index in [1.54, 1.807) is 11.0 Å². The van der Waals surface area contributed by atoms with Crippen LogP contribution in [0.1, 0.15) is 10.4 Å². The molecule has 0 saturated heterocycles. The fraction of sp³-hybridized carbons (Fsp3) is 0.176. The Morgan fingerprint density at radius 2 is 1.96 bits per heavy atom. The van der Waals surface area contributed by atoms with Gasteiger partial charge in [-0.05, 0) is 30.3 Å². The molecule has 0 saturated carbocycles. The smallest absolute Gasteiger partial charge is 0.335 e. The van der Waals surface area contributed by atoms with Gasteiger partial charge in [0.25, 0.3) is 0 Å². The number of aromatic carboxylic acids is 1. The van der Waals surface area contributed by atoms with E-state index in [1.165, 1.54) is 12.1 Å². The average Bonchev–Trinajstić information content (AvgIpc) is 2.54. The fourth-order valence-electron chi connectivity index (χ4n) is 2.78. The van der Waals surface area contributed by atoms with Gasteiger partial charge in [0.15, 0.2) is 6.29 Å². The normalized spacial score (nSPS) is 16.4. The van der Waals surface area contributed by atoms with Crippen molar-refractivity contribution in [1.82, 2.24) is 0 Å².